The van der Waals surface area contributed by atoms with Crippen LogP contribution in [0.2, 0.25) is 0 Å². The van der Waals surface area contributed by atoms with E-state index in [1.54, 1.807) is 6.20 Å². The third kappa shape index (κ3) is 2.45. The van der Waals surface area contributed by atoms with Crippen LogP contribution in [0, 0.1) is 0 Å². The molecule has 0 aliphatic carbocycles. The Morgan fingerprint density at radius 1 is 1.08 bits per heavy atom. The number of benzene rings is 2. The van der Waals surface area contributed by atoms with E-state index < -0.39 is 0 Å². The normalized spacial score (nSPS) is 18.5. The first kappa shape index (κ1) is 15.1. The molecular formula is C20H17N3O3. The smallest absolute Gasteiger partial charge is 0.274 e. The predicted molar refractivity (Wildman–Crippen MR) is 95.1 cm³/mol. The highest BCUT2D eigenvalue weighted by atomic mass is 16.7. The van der Waals surface area contributed by atoms with E-state index in [9.17, 15) is 4.79 Å². The van der Waals surface area contributed by atoms with Crippen molar-refractivity contribution >= 4 is 16.9 Å². The molecule has 3 aromatic rings. The van der Waals surface area contributed by atoms with Gasteiger partial charge in [0.15, 0.2) is 11.5 Å². The quantitative estimate of drug-likeness (QED) is 0.711. The van der Waals surface area contributed by atoms with Crippen LogP contribution in [0.1, 0.15) is 34.9 Å². The van der Waals surface area contributed by atoms with Gasteiger partial charge in [0.1, 0.15) is 5.69 Å². The largest absolute Gasteiger partial charge is 0.454 e. The van der Waals surface area contributed by atoms with Gasteiger partial charge in [-0.25, -0.2) is 4.98 Å². The van der Waals surface area contributed by atoms with Gasteiger partial charge < -0.3 is 14.4 Å². The predicted octanol–water partition coefficient (Wildman–Crippen LogP) is 3.34. The zero-order chi connectivity index (χ0) is 17.5. The molecule has 0 N–H and O–H groups in total. The SMILES string of the molecule is O=C(c1cnc2ccccc2n1)N1CCC[C@H]1c1ccc2c(c1)OCO2. The van der Waals surface area contributed by atoms with Crippen LogP contribution in [0.25, 0.3) is 11.0 Å². The molecule has 130 valence electrons. The fourth-order valence-corrected chi connectivity index (χ4v) is 3.68. The van der Waals surface area contributed by atoms with Crippen molar-refractivity contribution in [3.63, 3.8) is 0 Å². The van der Waals surface area contributed by atoms with E-state index in [0.717, 1.165) is 40.9 Å². The summed E-state index contributed by atoms with van der Waals surface area (Å²) < 4.78 is 10.9. The fourth-order valence-electron chi connectivity index (χ4n) is 3.68. The summed E-state index contributed by atoms with van der Waals surface area (Å²) >= 11 is 0. The van der Waals surface area contributed by atoms with Gasteiger partial charge in [0.2, 0.25) is 6.79 Å². The van der Waals surface area contributed by atoms with Crippen LogP contribution >= 0.6 is 0 Å². The van der Waals surface area contributed by atoms with E-state index >= 15 is 0 Å². The molecule has 5 rings (SSSR count). The van der Waals surface area contributed by atoms with Crippen LogP contribution < -0.4 is 9.47 Å². The van der Waals surface area contributed by atoms with Crippen molar-refractivity contribution in [2.45, 2.75) is 18.9 Å². The summed E-state index contributed by atoms with van der Waals surface area (Å²) in [6, 6.07) is 13.5. The number of nitrogens with zero attached hydrogens (tertiary/aromatic N) is 3. The Balaban J connectivity index is 1.46. The van der Waals surface area contributed by atoms with Gasteiger partial charge in [-0.1, -0.05) is 18.2 Å². The lowest BCUT2D eigenvalue weighted by molar-refractivity contribution is 0.0729. The first-order chi connectivity index (χ1) is 12.8. The summed E-state index contributed by atoms with van der Waals surface area (Å²) in [4.78, 5) is 23.8. The van der Waals surface area contributed by atoms with Crippen molar-refractivity contribution in [3.05, 3.63) is 59.9 Å². The van der Waals surface area contributed by atoms with Gasteiger partial charge in [-0.3, -0.25) is 9.78 Å². The number of amides is 1. The van der Waals surface area contributed by atoms with Gasteiger partial charge in [-0.2, -0.15) is 0 Å². The number of carbonyl (C=O) groups excluding carboxylic acids is 1. The van der Waals surface area contributed by atoms with Gasteiger partial charge in [-0.05, 0) is 42.7 Å². The number of hydrogen-bond donors (Lipinski definition) is 0. The lowest BCUT2D eigenvalue weighted by Gasteiger charge is -2.25. The van der Waals surface area contributed by atoms with Crippen molar-refractivity contribution in [2.24, 2.45) is 0 Å². The summed E-state index contributed by atoms with van der Waals surface area (Å²) in [5, 5.41) is 0. The molecule has 26 heavy (non-hydrogen) atoms. The Kier molecular flexibility index (Phi) is 3.48. The molecule has 0 radical (unpaired) electrons. The van der Waals surface area contributed by atoms with E-state index in [2.05, 4.69) is 9.97 Å². The first-order valence-electron chi connectivity index (χ1n) is 8.72. The molecule has 2 aromatic carbocycles. The van der Waals surface area contributed by atoms with E-state index in [-0.39, 0.29) is 18.7 Å². The molecule has 0 spiro atoms. The first-order valence-corrected chi connectivity index (χ1v) is 8.72. The van der Waals surface area contributed by atoms with Crippen molar-refractivity contribution in [3.8, 4) is 11.5 Å². The molecule has 1 aromatic heterocycles. The molecule has 1 saturated heterocycles. The van der Waals surface area contributed by atoms with Gasteiger partial charge in [0, 0.05) is 6.54 Å². The molecule has 0 saturated carbocycles. The molecule has 6 heteroatoms. The molecule has 1 atom stereocenters. The van der Waals surface area contributed by atoms with Crippen molar-refractivity contribution in [1.82, 2.24) is 14.9 Å². The van der Waals surface area contributed by atoms with Crippen LogP contribution in [0.4, 0.5) is 0 Å². The highest BCUT2D eigenvalue weighted by Gasteiger charge is 2.32. The number of aromatic nitrogens is 2. The van der Waals surface area contributed by atoms with Crippen molar-refractivity contribution < 1.29 is 14.3 Å². The summed E-state index contributed by atoms with van der Waals surface area (Å²) in [6.07, 6.45) is 3.46. The van der Waals surface area contributed by atoms with Crippen LogP contribution in [-0.4, -0.2) is 34.1 Å². The molecule has 6 nitrogen and oxygen atoms in total. The van der Waals surface area contributed by atoms with E-state index in [1.165, 1.54) is 0 Å². The number of fused-ring (bicyclic) bond motifs is 2. The number of carbonyl (C=O) groups is 1. The average molecular weight is 347 g/mol. The molecule has 0 unspecified atom stereocenters. The van der Waals surface area contributed by atoms with Gasteiger partial charge in [0.05, 0.1) is 23.3 Å². The number of rotatable bonds is 2. The minimum atomic E-state index is -0.0802. The Bertz CT molecular complexity index is 1000. The van der Waals surface area contributed by atoms with Crippen LogP contribution in [0.15, 0.2) is 48.7 Å². The van der Waals surface area contributed by atoms with Crippen molar-refractivity contribution in [2.75, 3.05) is 13.3 Å². The monoisotopic (exact) mass is 347 g/mol. The third-order valence-corrected chi connectivity index (χ3v) is 4.96. The lowest BCUT2D eigenvalue weighted by atomic mass is 10.0. The summed E-state index contributed by atoms with van der Waals surface area (Å²) in [7, 11) is 0. The molecule has 2 aliphatic rings. The Morgan fingerprint density at radius 3 is 2.85 bits per heavy atom. The highest BCUT2D eigenvalue weighted by Crippen LogP contribution is 2.39. The molecule has 2 aliphatic heterocycles. The lowest BCUT2D eigenvalue weighted by Crippen LogP contribution is -2.31. The molecule has 0 bridgehead atoms. The Hall–Kier alpha value is -3.15. The zero-order valence-electron chi connectivity index (χ0n) is 14.1. The second-order valence-corrected chi connectivity index (χ2v) is 6.51. The summed E-state index contributed by atoms with van der Waals surface area (Å²) in [5.41, 5.74) is 2.97. The Morgan fingerprint density at radius 2 is 1.92 bits per heavy atom. The number of ether oxygens (including phenoxy) is 2. The van der Waals surface area contributed by atoms with Gasteiger partial charge in [-0.15, -0.1) is 0 Å². The second-order valence-electron chi connectivity index (χ2n) is 6.51. The van der Waals surface area contributed by atoms with Crippen LogP contribution in [-0.2, 0) is 0 Å². The van der Waals surface area contributed by atoms with Crippen LogP contribution in [0.5, 0.6) is 11.5 Å². The summed E-state index contributed by atoms with van der Waals surface area (Å²) in [5.74, 6) is 1.42. The molecular weight excluding hydrogens is 330 g/mol. The van der Waals surface area contributed by atoms with Crippen LogP contribution in [0.3, 0.4) is 0 Å². The standard InChI is InChI=1S/C20H17N3O3/c24-20(16-11-21-14-4-1-2-5-15(14)22-16)23-9-3-6-17(23)13-7-8-18-19(10-13)26-12-25-18/h1-2,4-5,7-8,10-11,17H,3,6,9,12H2/t17-/m0/s1. The minimum Gasteiger partial charge on any atom is -0.454 e. The average Bonchev–Trinajstić information content (AvgIpc) is 3.35. The van der Waals surface area contributed by atoms with Gasteiger partial charge in [0.25, 0.3) is 5.91 Å². The molecule has 1 fully saturated rings. The maximum atomic E-state index is 13.1. The van der Waals surface area contributed by atoms with Gasteiger partial charge >= 0.3 is 0 Å². The maximum absolute atomic E-state index is 13.1. The minimum absolute atomic E-state index is 0.0188. The Labute approximate surface area is 150 Å². The molecule has 3 heterocycles. The number of likely N-dealkylation sites (tertiary alicyclic amines) is 1. The third-order valence-electron chi connectivity index (χ3n) is 4.96. The van der Waals surface area contributed by atoms with E-state index in [1.807, 2.05) is 47.4 Å². The van der Waals surface area contributed by atoms with Crippen molar-refractivity contribution in [1.29, 1.82) is 0 Å². The fraction of sp³-hybridized carbons (Fsp3) is 0.250. The second kappa shape index (κ2) is 5.98. The van der Waals surface area contributed by atoms with E-state index in [0.29, 0.717) is 12.2 Å². The zero-order valence-corrected chi connectivity index (χ0v) is 14.1. The maximum Gasteiger partial charge on any atom is 0.274 e. The summed E-state index contributed by atoms with van der Waals surface area (Å²) in [6.45, 7) is 0.964. The number of hydrogen-bond acceptors (Lipinski definition) is 5. The number of para-hydroxylation sites is 2. The van der Waals surface area contributed by atoms with E-state index in [4.69, 9.17) is 9.47 Å². The molecule has 1 amide bonds. The topological polar surface area (TPSA) is 64.6 Å². The highest BCUT2D eigenvalue weighted by molar-refractivity contribution is 5.94.